The molecule has 564 valence electrons. The maximum absolute atomic E-state index is 14.3. The van der Waals surface area contributed by atoms with Gasteiger partial charge in [-0.1, -0.05) is 54.3 Å². The lowest BCUT2D eigenvalue weighted by molar-refractivity contribution is -0.256. The van der Waals surface area contributed by atoms with Crippen molar-refractivity contribution in [3.8, 4) is 29.1 Å². The Morgan fingerprint density at radius 3 is 2.08 bits per heavy atom. The maximum Gasteiger partial charge on any atom is 0.252 e. The summed E-state index contributed by atoms with van der Waals surface area (Å²) in [4.78, 5) is 137. The number of nitrogens with one attached hydrogen (secondary N) is 6. The van der Waals surface area contributed by atoms with Crippen molar-refractivity contribution in [2.75, 3.05) is 105 Å². The van der Waals surface area contributed by atoms with Gasteiger partial charge in [-0.25, -0.2) is 0 Å². The highest BCUT2D eigenvalue weighted by Crippen LogP contribution is 2.53. The van der Waals surface area contributed by atoms with Gasteiger partial charge in [0.2, 0.25) is 47.1 Å². The van der Waals surface area contributed by atoms with Crippen LogP contribution in [0.4, 0.5) is 5.69 Å². The lowest BCUT2D eigenvalue weighted by Crippen LogP contribution is -2.56. The van der Waals surface area contributed by atoms with Crippen LogP contribution in [0.25, 0.3) is 0 Å². The Morgan fingerprint density at radius 2 is 1.35 bits per heavy atom. The second kappa shape index (κ2) is 36.0. The number of aromatic hydroxyl groups is 2. The molecule has 32 heteroatoms. The SMILES string of the molecule is COc1cccc2c1C(=O)c1c(O)c3c(c(O)c1C2=O)C[C@@](O)(C(=O)NCCNC(=O)[C@H](CC(N)=O)NC(=O)[C@H](C)NC(=O)[C@H](C)NC(=O)CCOCCOCCOCCOCCNC(=O)CCC(=O)N1Cc2ccccc2C#Cc2ccccc21)C[C@@H]3O[C@H]1C[C@H]2[C@H](O[C@@H]3[C@@H](OC)OCCN32)[C@H](C)O1. The molecule has 4 aromatic carbocycles. The van der Waals surface area contributed by atoms with E-state index in [-0.39, 0.29) is 144 Å². The number of amides is 8. The fourth-order valence-corrected chi connectivity index (χ4v) is 13.5. The Kier molecular flexibility index (Phi) is 26.8. The highest BCUT2D eigenvalue weighted by Gasteiger charge is 2.55. The first kappa shape index (κ1) is 78.1. The fourth-order valence-electron chi connectivity index (χ4n) is 13.5. The minimum atomic E-state index is -2.47. The maximum atomic E-state index is 14.3. The molecule has 0 aromatic heterocycles. The number of aliphatic hydroxyl groups is 1. The molecule has 32 nitrogen and oxygen atoms in total. The van der Waals surface area contributed by atoms with Crippen LogP contribution in [0.15, 0.2) is 66.7 Å². The van der Waals surface area contributed by atoms with E-state index in [1.165, 1.54) is 46.3 Å². The summed E-state index contributed by atoms with van der Waals surface area (Å²) < 4.78 is 58.1. The first-order valence-electron chi connectivity index (χ1n) is 34.8. The number of carbonyl (C=O) groups excluding carboxylic acids is 10. The first-order chi connectivity index (χ1) is 50.5. The zero-order valence-electron chi connectivity index (χ0n) is 59.0. The molecule has 4 heterocycles. The van der Waals surface area contributed by atoms with Crippen molar-refractivity contribution >= 4 is 64.5 Å². The summed E-state index contributed by atoms with van der Waals surface area (Å²) in [7, 11) is 2.80. The summed E-state index contributed by atoms with van der Waals surface area (Å²) in [6.07, 6.45) is -6.78. The number of benzene rings is 4. The fraction of sp³-hybridized carbons (Fsp3) is 0.507. The van der Waals surface area contributed by atoms with Crippen molar-refractivity contribution < 1.29 is 111 Å². The molecule has 3 fully saturated rings. The van der Waals surface area contributed by atoms with Crippen molar-refractivity contribution in [2.45, 2.75) is 139 Å². The number of anilines is 1. The molecule has 4 aromatic rings. The molecule has 0 saturated carbocycles. The number of fused-ring (bicyclic) bond motifs is 8. The highest BCUT2D eigenvalue weighted by atomic mass is 16.7. The molecule has 0 bridgehead atoms. The van der Waals surface area contributed by atoms with Gasteiger partial charge in [0.1, 0.15) is 47.1 Å². The largest absolute Gasteiger partial charge is 0.507 e. The number of carbonyl (C=O) groups is 10. The predicted molar refractivity (Wildman–Crippen MR) is 369 cm³/mol. The van der Waals surface area contributed by atoms with Crippen LogP contribution in [0, 0.1) is 11.8 Å². The van der Waals surface area contributed by atoms with Crippen molar-refractivity contribution in [3.05, 3.63) is 117 Å². The number of phenols is 2. The number of morpholine rings is 1. The minimum Gasteiger partial charge on any atom is -0.507 e. The third-order valence-electron chi connectivity index (χ3n) is 18.8. The molecule has 0 spiro atoms. The summed E-state index contributed by atoms with van der Waals surface area (Å²) >= 11 is 0. The van der Waals surface area contributed by atoms with E-state index in [2.05, 4.69) is 48.6 Å². The summed E-state index contributed by atoms with van der Waals surface area (Å²) in [5.74, 6) is -2.38. The van der Waals surface area contributed by atoms with E-state index in [1.807, 2.05) is 48.5 Å². The van der Waals surface area contributed by atoms with Gasteiger partial charge in [0.25, 0.3) is 5.91 Å². The monoisotopic (exact) mass is 1460 g/mol. The number of ketones is 2. The number of nitrogens with two attached hydrogens (primary N) is 1. The third-order valence-corrected chi connectivity index (χ3v) is 18.8. The van der Waals surface area contributed by atoms with Gasteiger partial charge in [0.05, 0.1) is 114 Å². The van der Waals surface area contributed by atoms with Gasteiger partial charge >= 0.3 is 0 Å². The number of para-hydroxylation sites is 1. The van der Waals surface area contributed by atoms with Crippen LogP contribution in [0.1, 0.15) is 125 Å². The zero-order valence-corrected chi connectivity index (χ0v) is 59.0. The Balaban J connectivity index is 0.608. The van der Waals surface area contributed by atoms with Gasteiger partial charge in [-0.05, 0) is 50.6 Å². The molecule has 6 aliphatic rings. The number of rotatable bonds is 34. The van der Waals surface area contributed by atoms with Crippen molar-refractivity contribution in [3.63, 3.8) is 0 Å². The summed E-state index contributed by atoms with van der Waals surface area (Å²) in [5, 5.41) is 51.9. The second-order valence-electron chi connectivity index (χ2n) is 25.9. The van der Waals surface area contributed by atoms with E-state index in [0.29, 0.717) is 25.4 Å². The highest BCUT2D eigenvalue weighted by molar-refractivity contribution is 6.31. The number of methoxy groups -OCH3 is 2. The zero-order chi connectivity index (χ0) is 75.1. The lowest BCUT2D eigenvalue weighted by atomic mass is 9.72. The normalized spacial score (nSPS) is 22.1. The van der Waals surface area contributed by atoms with Crippen molar-refractivity contribution in [2.24, 2.45) is 5.73 Å². The van der Waals surface area contributed by atoms with E-state index < -0.39 is 150 Å². The van der Waals surface area contributed by atoms with E-state index in [9.17, 15) is 63.3 Å². The third kappa shape index (κ3) is 18.8. The van der Waals surface area contributed by atoms with E-state index >= 15 is 0 Å². The van der Waals surface area contributed by atoms with Gasteiger partial charge in [-0.3, -0.25) is 52.8 Å². The minimum absolute atomic E-state index is 0.000579. The molecule has 11 atom stereocenters. The van der Waals surface area contributed by atoms with Gasteiger partial charge in [-0.2, -0.15) is 0 Å². The number of hydrogen-bond donors (Lipinski definition) is 10. The molecule has 3 saturated heterocycles. The predicted octanol–water partition coefficient (Wildman–Crippen LogP) is 0.0514. The summed E-state index contributed by atoms with van der Waals surface area (Å²) in [5.41, 5.74) is 4.40. The van der Waals surface area contributed by atoms with E-state index in [0.717, 1.165) is 16.7 Å². The second-order valence-corrected chi connectivity index (χ2v) is 25.9. The number of hydrogen-bond acceptors (Lipinski definition) is 24. The molecule has 105 heavy (non-hydrogen) atoms. The average Bonchev–Trinajstić information content (AvgIpc) is 1.11. The molecule has 4 aliphatic heterocycles. The average molecular weight is 1460 g/mol. The number of ether oxygens (including phenoxy) is 10. The van der Waals surface area contributed by atoms with Gasteiger partial charge in [0, 0.05) is 106 Å². The van der Waals surface area contributed by atoms with Crippen molar-refractivity contribution in [1.82, 2.24) is 36.8 Å². The lowest BCUT2D eigenvalue weighted by Gasteiger charge is -2.43. The van der Waals surface area contributed by atoms with E-state index in [1.54, 1.807) is 11.8 Å². The molecule has 2 aliphatic carbocycles. The summed E-state index contributed by atoms with van der Waals surface area (Å²) in [6.45, 7) is 6.87. The molecule has 8 amide bonds. The van der Waals surface area contributed by atoms with Crippen molar-refractivity contribution in [1.29, 1.82) is 0 Å². The number of phenolic OH excluding ortho intramolecular Hbond substituents is 2. The molecule has 11 N–H and O–H groups in total. The molecular weight excluding hydrogens is 1370 g/mol. The Labute approximate surface area is 605 Å². The topological polar surface area (TPSA) is 428 Å². The van der Waals surface area contributed by atoms with E-state index in [4.69, 9.17) is 53.1 Å². The Morgan fingerprint density at radius 1 is 0.695 bits per heavy atom. The number of primary amides is 1. The number of nitrogens with zero attached hydrogens (tertiary/aromatic N) is 2. The van der Waals surface area contributed by atoms with Crippen LogP contribution >= 0.6 is 0 Å². The van der Waals surface area contributed by atoms with Crippen LogP contribution in [-0.4, -0.2) is 240 Å². The summed E-state index contributed by atoms with van der Waals surface area (Å²) in [6, 6.07) is 15.1. The van der Waals surface area contributed by atoms with Gasteiger partial charge in [0.15, 0.2) is 24.6 Å². The molecular formula is C73H89N9O23. The van der Waals surface area contributed by atoms with Crippen LogP contribution in [0.5, 0.6) is 17.2 Å². The smallest absolute Gasteiger partial charge is 0.252 e. The molecule has 0 unspecified atom stereocenters. The molecule has 0 radical (unpaired) electrons. The van der Waals surface area contributed by atoms with Crippen LogP contribution in [0.3, 0.4) is 0 Å². The van der Waals surface area contributed by atoms with Gasteiger partial charge < -0.3 is 105 Å². The van der Waals surface area contributed by atoms with Crippen LogP contribution in [-0.2, 0) is 94.0 Å². The van der Waals surface area contributed by atoms with Gasteiger partial charge in [-0.15, -0.1) is 0 Å². The van der Waals surface area contributed by atoms with Crippen LogP contribution < -0.4 is 47.3 Å². The molecule has 10 rings (SSSR count). The Hall–Kier alpha value is -9.50. The first-order valence-corrected chi connectivity index (χ1v) is 34.8. The quantitative estimate of drug-likeness (QED) is 0.0148. The standard InChI is InChI=1S/C73H89N9O23/c1-40(78-55(85)21-26-98-29-31-100-33-34-101-32-30-99-27-24-75-54(84)19-20-56(86)82-39-45-13-7-6-11-43(45)17-18-44-12-8-9-15-49(44)82)67(91)79-41(2)68(92)80-48(35-53(74)83)69(93)76-22-23-77-72(94)73(95)37-47-59(65(90)61-60(63(47)88)62(87)46-14-10-16-51(96-4)58(46)64(61)89)52(38-73)104-57-36-50-66(42(3)103-57)105-70-71(97-5)102-28-25-81(50)70/h6-16,40-42,48,50,52,57,66,70-71,88,90,95H,19-39H2,1-5H3,(H2,74,83)(H,75,84)(H,76,93)(H,77,94)(H,78,85)(H,79,91)(H,80,92)/t40-,41-,42-,48-,50-,52-,57-,66+,70+,71-,73-/m0/s1. The Bertz CT molecular complexity index is 3980. The van der Waals surface area contributed by atoms with Crippen LogP contribution in [0.2, 0.25) is 0 Å².